The van der Waals surface area contributed by atoms with Crippen LogP contribution < -0.4 is 0 Å². The molecule has 4 saturated carbocycles. The van der Waals surface area contributed by atoms with Gasteiger partial charge in [-0.3, -0.25) is 4.79 Å². The molecule has 0 N–H and O–H groups in total. The van der Waals surface area contributed by atoms with Gasteiger partial charge < -0.3 is 4.74 Å². The number of hydrogen-bond donors (Lipinski definition) is 0. The summed E-state index contributed by atoms with van der Waals surface area (Å²) < 4.78 is 5.91. The maximum Gasteiger partial charge on any atom is 0.133 e. The number of ether oxygens (including phenoxy) is 1. The Bertz CT molecular complexity index is 564. The lowest BCUT2D eigenvalue weighted by Gasteiger charge is -2.60. The van der Waals surface area contributed by atoms with Gasteiger partial charge >= 0.3 is 0 Å². The van der Waals surface area contributed by atoms with E-state index in [-0.39, 0.29) is 5.60 Å². The smallest absolute Gasteiger partial charge is 0.133 e. The number of fused-ring (bicyclic) bond motifs is 5. The normalized spacial score (nSPS) is 59.5. The van der Waals surface area contributed by atoms with Gasteiger partial charge in [0.2, 0.25) is 0 Å². The first-order chi connectivity index (χ1) is 11.4. The largest absolute Gasteiger partial charge is 0.370 e. The molecule has 2 nitrogen and oxygen atoms in total. The van der Waals surface area contributed by atoms with Crippen molar-refractivity contribution in [1.82, 2.24) is 0 Å². The van der Waals surface area contributed by atoms with Crippen molar-refractivity contribution in [3.63, 3.8) is 0 Å². The van der Waals surface area contributed by atoms with Crippen molar-refractivity contribution in [2.75, 3.05) is 6.61 Å². The molecular weight excluding hydrogens is 296 g/mol. The van der Waals surface area contributed by atoms with Gasteiger partial charge in [-0.1, -0.05) is 13.8 Å². The maximum atomic E-state index is 12.0. The highest BCUT2D eigenvalue weighted by atomic mass is 16.6. The quantitative estimate of drug-likeness (QED) is 0.633. The molecule has 24 heavy (non-hydrogen) atoms. The van der Waals surface area contributed by atoms with E-state index < -0.39 is 0 Å². The van der Waals surface area contributed by atoms with E-state index in [4.69, 9.17) is 4.74 Å². The van der Waals surface area contributed by atoms with Gasteiger partial charge in [0.05, 0.1) is 12.2 Å². The summed E-state index contributed by atoms with van der Waals surface area (Å²) in [4.78, 5) is 12.0. The summed E-state index contributed by atoms with van der Waals surface area (Å²) in [6.45, 7) is 8.52. The van der Waals surface area contributed by atoms with Gasteiger partial charge in [0.15, 0.2) is 0 Å². The van der Waals surface area contributed by atoms with Gasteiger partial charge in [-0.2, -0.15) is 0 Å². The lowest BCUT2D eigenvalue weighted by molar-refractivity contribution is -0.140. The van der Waals surface area contributed by atoms with Crippen LogP contribution in [-0.4, -0.2) is 18.0 Å². The van der Waals surface area contributed by atoms with Gasteiger partial charge in [-0.05, 0) is 92.3 Å². The van der Waals surface area contributed by atoms with E-state index in [2.05, 4.69) is 20.8 Å². The fraction of sp³-hybridized carbons (Fsp3) is 0.955. The van der Waals surface area contributed by atoms with Crippen LogP contribution in [0.5, 0.6) is 0 Å². The fourth-order valence-electron chi connectivity index (χ4n) is 8.36. The molecule has 2 heteroatoms. The van der Waals surface area contributed by atoms with E-state index in [1.54, 1.807) is 0 Å². The first-order valence-corrected chi connectivity index (χ1v) is 10.5. The summed E-state index contributed by atoms with van der Waals surface area (Å²) >= 11 is 0. The predicted octanol–water partition coefficient (Wildman–Crippen LogP) is 5.00. The van der Waals surface area contributed by atoms with Crippen LogP contribution in [-0.2, 0) is 9.53 Å². The molecule has 0 aromatic carbocycles. The Balaban J connectivity index is 1.44. The summed E-state index contributed by atoms with van der Waals surface area (Å²) in [5.41, 5.74) is 1.17. The first-order valence-electron chi connectivity index (χ1n) is 10.5. The van der Waals surface area contributed by atoms with Crippen LogP contribution >= 0.6 is 0 Å². The molecule has 4 aliphatic carbocycles. The molecule has 0 aromatic rings. The first kappa shape index (κ1) is 15.9. The Morgan fingerprint density at radius 1 is 0.917 bits per heavy atom. The molecule has 1 saturated heterocycles. The molecule has 0 radical (unpaired) electrons. The van der Waals surface area contributed by atoms with Crippen molar-refractivity contribution in [2.24, 2.45) is 40.4 Å². The number of carbonyl (C=O) groups is 1. The van der Waals surface area contributed by atoms with Crippen molar-refractivity contribution in [3.8, 4) is 0 Å². The molecule has 0 amide bonds. The third-order valence-electron chi connectivity index (χ3n) is 9.82. The standard InChI is InChI=1S/C22H34O2/c1-20-10-8-15(23)12-14(20)4-5-16-17-6-7-19(22(3)13-24-22)21(17,2)11-9-18(16)20/h14,16-19H,4-13H2,1-3H3/t14-,16-,17-,18-,19-,20-,21-,22-/m0/s1. The minimum absolute atomic E-state index is 0.203. The zero-order valence-corrected chi connectivity index (χ0v) is 15.8. The number of Topliss-reactive ketones (excluding diaryl/α,β-unsaturated/α-hetero) is 1. The summed E-state index contributed by atoms with van der Waals surface area (Å²) in [6.07, 6.45) is 11.2. The minimum atomic E-state index is 0.203. The number of rotatable bonds is 1. The Morgan fingerprint density at radius 2 is 1.67 bits per heavy atom. The lowest BCUT2D eigenvalue weighted by Crippen LogP contribution is -2.54. The molecule has 5 aliphatic rings. The van der Waals surface area contributed by atoms with E-state index in [1.165, 1.54) is 44.9 Å². The molecule has 134 valence electrons. The monoisotopic (exact) mass is 330 g/mol. The summed E-state index contributed by atoms with van der Waals surface area (Å²) in [5, 5.41) is 0. The van der Waals surface area contributed by atoms with Gasteiger partial charge in [-0.15, -0.1) is 0 Å². The van der Waals surface area contributed by atoms with Crippen LogP contribution in [0.4, 0.5) is 0 Å². The zero-order valence-electron chi connectivity index (χ0n) is 15.8. The molecule has 0 bridgehead atoms. The second kappa shape index (κ2) is 4.87. The van der Waals surface area contributed by atoms with E-state index in [1.807, 2.05) is 0 Å². The number of ketones is 1. The number of epoxide rings is 1. The number of carbonyl (C=O) groups excluding carboxylic acids is 1. The maximum absolute atomic E-state index is 12.0. The van der Waals surface area contributed by atoms with Crippen molar-refractivity contribution < 1.29 is 9.53 Å². The highest BCUT2D eigenvalue weighted by molar-refractivity contribution is 5.79. The van der Waals surface area contributed by atoms with Crippen molar-refractivity contribution in [2.45, 2.75) is 84.2 Å². The van der Waals surface area contributed by atoms with Gasteiger partial charge in [0.25, 0.3) is 0 Å². The Labute approximate surface area is 147 Å². The molecule has 0 unspecified atom stereocenters. The molecular formula is C22H34O2. The summed E-state index contributed by atoms with van der Waals surface area (Å²) in [7, 11) is 0. The van der Waals surface area contributed by atoms with Crippen molar-refractivity contribution in [1.29, 1.82) is 0 Å². The molecule has 8 atom stereocenters. The summed E-state index contributed by atoms with van der Waals surface area (Å²) in [6, 6.07) is 0. The molecule has 5 rings (SSSR count). The third kappa shape index (κ3) is 1.95. The second-order valence-corrected chi connectivity index (χ2v) is 10.7. The second-order valence-electron chi connectivity index (χ2n) is 10.7. The lowest BCUT2D eigenvalue weighted by atomic mass is 9.44. The van der Waals surface area contributed by atoms with E-state index in [0.29, 0.717) is 22.5 Å². The van der Waals surface area contributed by atoms with Crippen LogP contribution in [0.2, 0.25) is 0 Å². The zero-order chi connectivity index (χ0) is 16.7. The average Bonchev–Trinajstić information content (AvgIpc) is 3.17. The summed E-state index contributed by atoms with van der Waals surface area (Å²) in [5.74, 6) is 4.73. The van der Waals surface area contributed by atoms with Crippen molar-refractivity contribution in [3.05, 3.63) is 0 Å². The van der Waals surface area contributed by atoms with Crippen LogP contribution in [0.15, 0.2) is 0 Å². The minimum Gasteiger partial charge on any atom is -0.370 e. The van der Waals surface area contributed by atoms with Gasteiger partial charge in [-0.25, -0.2) is 0 Å². The Kier molecular flexibility index (Phi) is 3.22. The van der Waals surface area contributed by atoms with Gasteiger partial charge in [0.1, 0.15) is 5.78 Å². The molecule has 0 spiro atoms. The van der Waals surface area contributed by atoms with Gasteiger partial charge in [0, 0.05) is 12.8 Å². The predicted molar refractivity (Wildman–Crippen MR) is 94.6 cm³/mol. The van der Waals surface area contributed by atoms with Crippen LogP contribution in [0.25, 0.3) is 0 Å². The molecule has 5 fully saturated rings. The average molecular weight is 331 g/mol. The topological polar surface area (TPSA) is 29.6 Å². The SMILES string of the molecule is C[C@]12CCC(=O)C[C@@H]1CC[C@@H]1[C@@H]2CC[C@@]2(C)[C@H]1CC[C@@H]2[C@]1(C)CO1. The fourth-order valence-corrected chi connectivity index (χ4v) is 8.36. The van der Waals surface area contributed by atoms with E-state index in [9.17, 15) is 4.79 Å². The Morgan fingerprint density at radius 3 is 2.42 bits per heavy atom. The molecule has 1 heterocycles. The van der Waals surface area contributed by atoms with Crippen molar-refractivity contribution >= 4 is 5.78 Å². The van der Waals surface area contributed by atoms with Crippen LogP contribution in [0.1, 0.15) is 78.6 Å². The van der Waals surface area contributed by atoms with Crippen LogP contribution in [0.3, 0.4) is 0 Å². The van der Waals surface area contributed by atoms with Crippen LogP contribution in [0, 0.1) is 40.4 Å². The molecule has 1 aliphatic heterocycles. The Hall–Kier alpha value is -0.370. The third-order valence-corrected chi connectivity index (χ3v) is 9.82. The highest BCUT2D eigenvalue weighted by Crippen LogP contribution is 2.69. The highest BCUT2D eigenvalue weighted by Gasteiger charge is 2.65. The van der Waals surface area contributed by atoms with E-state index >= 15 is 0 Å². The van der Waals surface area contributed by atoms with E-state index in [0.717, 1.165) is 43.1 Å². The number of hydrogen-bond acceptors (Lipinski definition) is 2. The molecule has 0 aromatic heterocycles.